The largest absolute Gasteiger partial charge is 0.350 e. The number of nitrogens with zero attached hydrogens (tertiary/aromatic N) is 2. The van der Waals surface area contributed by atoms with Gasteiger partial charge in [0.05, 0.1) is 11.1 Å². The van der Waals surface area contributed by atoms with Gasteiger partial charge in [0.2, 0.25) is 0 Å². The van der Waals surface area contributed by atoms with Crippen molar-refractivity contribution in [3.05, 3.63) is 71.0 Å². The lowest BCUT2D eigenvalue weighted by molar-refractivity contribution is -0.122. The number of imide groups is 1. The van der Waals surface area contributed by atoms with Gasteiger partial charge in [0.25, 0.3) is 11.8 Å². The second-order valence-corrected chi connectivity index (χ2v) is 7.88. The quantitative estimate of drug-likeness (QED) is 0.535. The van der Waals surface area contributed by atoms with Crippen LogP contribution in [-0.2, 0) is 23.7 Å². The van der Waals surface area contributed by atoms with E-state index in [1.165, 1.54) is 0 Å². The van der Waals surface area contributed by atoms with E-state index in [4.69, 9.17) is 0 Å². The van der Waals surface area contributed by atoms with E-state index >= 15 is 0 Å². The number of aryl methyl sites for hydroxylation is 4. The SMILES string of the molecule is Cc1ccc2c(C3=C(c4cn(C)c5cc(C)ccc45)C(=O)NC3=O)cn(C)c2c1. The van der Waals surface area contributed by atoms with Crippen molar-refractivity contribution in [3.8, 4) is 0 Å². The van der Waals surface area contributed by atoms with Crippen LogP contribution in [0.2, 0.25) is 0 Å². The third-order valence-electron chi connectivity index (χ3n) is 5.76. The van der Waals surface area contributed by atoms with Gasteiger partial charge in [0.15, 0.2) is 0 Å². The highest BCUT2D eigenvalue weighted by molar-refractivity contribution is 6.50. The Bertz CT molecular complexity index is 1290. The van der Waals surface area contributed by atoms with E-state index in [2.05, 4.69) is 17.4 Å². The number of hydrogen-bond donors (Lipinski definition) is 1. The Hall–Kier alpha value is -3.60. The highest BCUT2D eigenvalue weighted by Crippen LogP contribution is 2.38. The molecule has 5 rings (SSSR count). The smallest absolute Gasteiger partial charge is 0.259 e. The summed E-state index contributed by atoms with van der Waals surface area (Å²) in [5.74, 6) is -0.690. The fourth-order valence-electron chi connectivity index (χ4n) is 4.36. The second kappa shape index (κ2) is 5.95. The topological polar surface area (TPSA) is 56.0 Å². The van der Waals surface area contributed by atoms with Gasteiger partial charge in [0.1, 0.15) is 0 Å². The van der Waals surface area contributed by atoms with Crippen molar-refractivity contribution in [1.82, 2.24) is 14.5 Å². The van der Waals surface area contributed by atoms with E-state index in [0.29, 0.717) is 11.1 Å². The highest BCUT2D eigenvalue weighted by atomic mass is 16.2. The Labute approximate surface area is 168 Å². The molecule has 4 aromatic rings. The van der Waals surface area contributed by atoms with Crippen LogP contribution in [0.5, 0.6) is 0 Å². The molecule has 1 aliphatic rings. The van der Waals surface area contributed by atoms with E-state index in [9.17, 15) is 9.59 Å². The number of fused-ring (bicyclic) bond motifs is 2. The summed E-state index contributed by atoms with van der Waals surface area (Å²) in [5, 5.41) is 4.44. The Morgan fingerprint density at radius 1 is 0.690 bits per heavy atom. The van der Waals surface area contributed by atoms with Gasteiger partial charge in [0, 0.05) is 59.4 Å². The first-order chi connectivity index (χ1) is 13.8. The fourth-order valence-corrected chi connectivity index (χ4v) is 4.36. The van der Waals surface area contributed by atoms with Gasteiger partial charge in [-0.15, -0.1) is 0 Å². The molecule has 0 spiro atoms. The highest BCUT2D eigenvalue weighted by Gasteiger charge is 2.35. The molecule has 0 saturated carbocycles. The van der Waals surface area contributed by atoms with Crippen LogP contribution >= 0.6 is 0 Å². The van der Waals surface area contributed by atoms with E-state index in [1.807, 2.05) is 73.7 Å². The van der Waals surface area contributed by atoms with E-state index in [-0.39, 0.29) is 11.8 Å². The van der Waals surface area contributed by atoms with Crippen LogP contribution in [0.1, 0.15) is 22.3 Å². The molecule has 0 radical (unpaired) electrons. The molecule has 0 bridgehead atoms. The number of carbonyl (C=O) groups excluding carboxylic acids is 2. The first-order valence-corrected chi connectivity index (χ1v) is 9.57. The van der Waals surface area contributed by atoms with Crippen molar-refractivity contribution in [3.63, 3.8) is 0 Å². The molecule has 0 atom stereocenters. The van der Waals surface area contributed by atoms with E-state index < -0.39 is 0 Å². The first kappa shape index (κ1) is 17.5. The van der Waals surface area contributed by atoms with Crippen molar-refractivity contribution < 1.29 is 9.59 Å². The maximum Gasteiger partial charge on any atom is 0.259 e. The molecule has 1 N–H and O–H groups in total. The monoisotopic (exact) mass is 383 g/mol. The van der Waals surface area contributed by atoms with Crippen molar-refractivity contribution in [2.45, 2.75) is 13.8 Å². The number of aromatic nitrogens is 2. The van der Waals surface area contributed by atoms with Crippen LogP contribution in [0.3, 0.4) is 0 Å². The lowest BCUT2D eigenvalue weighted by Gasteiger charge is -2.03. The molecule has 0 saturated heterocycles. The maximum atomic E-state index is 12.9. The predicted molar refractivity (Wildman–Crippen MR) is 115 cm³/mol. The summed E-state index contributed by atoms with van der Waals surface area (Å²) in [7, 11) is 3.92. The average molecular weight is 383 g/mol. The molecule has 0 unspecified atom stereocenters. The molecule has 0 fully saturated rings. The Morgan fingerprint density at radius 3 is 1.52 bits per heavy atom. The summed E-state index contributed by atoms with van der Waals surface area (Å²) in [6.07, 6.45) is 3.87. The zero-order valence-electron chi connectivity index (χ0n) is 16.8. The number of amides is 2. The van der Waals surface area contributed by atoms with E-state index in [0.717, 1.165) is 44.1 Å². The fraction of sp³-hybridized carbons (Fsp3) is 0.167. The summed E-state index contributed by atoms with van der Waals surface area (Å²) in [6.45, 7) is 4.08. The minimum atomic E-state index is -0.345. The second-order valence-electron chi connectivity index (χ2n) is 7.88. The van der Waals surface area contributed by atoms with Gasteiger partial charge in [-0.1, -0.05) is 24.3 Å². The summed E-state index contributed by atoms with van der Waals surface area (Å²) in [4.78, 5) is 25.8. The van der Waals surface area contributed by atoms with Crippen molar-refractivity contribution in [1.29, 1.82) is 0 Å². The van der Waals surface area contributed by atoms with Crippen molar-refractivity contribution in [2.75, 3.05) is 0 Å². The molecule has 0 aliphatic carbocycles. The first-order valence-electron chi connectivity index (χ1n) is 9.57. The molecular weight excluding hydrogens is 362 g/mol. The molecule has 2 aromatic heterocycles. The lowest BCUT2D eigenvalue weighted by Crippen LogP contribution is -2.22. The molecular formula is C24H21N3O2. The predicted octanol–water partition coefficient (Wildman–Crippen LogP) is 3.85. The van der Waals surface area contributed by atoms with Gasteiger partial charge < -0.3 is 9.13 Å². The summed E-state index contributed by atoms with van der Waals surface area (Å²) in [5.41, 5.74) is 6.82. The number of hydrogen-bond acceptors (Lipinski definition) is 2. The minimum Gasteiger partial charge on any atom is -0.350 e. The molecule has 29 heavy (non-hydrogen) atoms. The number of rotatable bonds is 2. The summed E-state index contributed by atoms with van der Waals surface area (Å²) >= 11 is 0. The number of carbonyl (C=O) groups is 2. The van der Waals surface area contributed by atoms with Crippen LogP contribution in [0.25, 0.3) is 33.0 Å². The van der Waals surface area contributed by atoms with Crippen molar-refractivity contribution >= 4 is 44.8 Å². The zero-order chi connectivity index (χ0) is 20.4. The molecule has 5 nitrogen and oxygen atoms in total. The Morgan fingerprint density at radius 2 is 1.10 bits per heavy atom. The standard InChI is InChI=1S/C24H21N3O2/c1-13-5-7-15-17(11-26(3)19(15)9-13)21-22(24(29)25-23(21)28)18-12-27(4)20-10-14(2)6-8-16(18)20/h5-12H,1-4H3,(H,25,28,29). The molecule has 144 valence electrons. The number of nitrogens with one attached hydrogen (secondary N) is 1. The van der Waals surface area contributed by atoms with Crippen LogP contribution < -0.4 is 5.32 Å². The van der Waals surface area contributed by atoms with Gasteiger partial charge in [-0.2, -0.15) is 0 Å². The van der Waals surface area contributed by atoms with Crippen LogP contribution in [0, 0.1) is 13.8 Å². The minimum absolute atomic E-state index is 0.345. The summed E-state index contributed by atoms with van der Waals surface area (Å²) < 4.78 is 4.01. The molecule has 2 aromatic carbocycles. The third kappa shape index (κ3) is 2.47. The van der Waals surface area contributed by atoms with Crippen molar-refractivity contribution in [2.24, 2.45) is 14.1 Å². The summed E-state index contributed by atoms with van der Waals surface area (Å²) in [6, 6.07) is 12.3. The molecule has 3 heterocycles. The molecule has 5 heteroatoms. The Balaban J connectivity index is 1.86. The van der Waals surface area contributed by atoms with Crippen LogP contribution in [0.4, 0.5) is 0 Å². The molecule has 2 amide bonds. The van der Waals surface area contributed by atoms with Gasteiger partial charge >= 0.3 is 0 Å². The third-order valence-corrected chi connectivity index (χ3v) is 5.76. The molecule has 1 aliphatic heterocycles. The lowest BCUT2D eigenvalue weighted by atomic mass is 9.95. The average Bonchev–Trinajstić information content (AvgIpc) is 3.26. The van der Waals surface area contributed by atoms with E-state index in [1.54, 1.807) is 0 Å². The Kier molecular flexibility index (Phi) is 3.59. The maximum absolute atomic E-state index is 12.9. The number of benzene rings is 2. The van der Waals surface area contributed by atoms with Crippen LogP contribution in [-0.4, -0.2) is 20.9 Å². The van der Waals surface area contributed by atoms with Crippen LogP contribution in [0.15, 0.2) is 48.8 Å². The zero-order valence-corrected chi connectivity index (χ0v) is 16.8. The van der Waals surface area contributed by atoms with Gasteiger partial charge in [-0.3, -0.25) is 14.9 Å². The normalized spacial score (nSPS) is 14.5. The van der Waals surface area contributed by atoms with Gasteiger partial charge in [-0.05, 0) is 37.1 Å². The van der Waals surface area contributed by atoms with Gasteiger partial charge in [-0.25, -0.2) is 0 Å².